The van der Waals surface area contributed by atoms with Crippen molar-refractivity contribution in [2.45, 2.75) is 6.92 Å². The SMILES string of the molecule is Cc1nccc(-c2cccc(N=[N+]=[N-])c2)n1. The van der Waals surface area contributed by atoms with Crippen molar-refractivity contribution in [2.75, 3.05) is 0 Å². The molecule has 78 valence electrons. The lowest BCUT2D eigenvalue weighted by atomic mass is 10.1. The molecule has 5 heteroatoms. The number of rotatable bonds is 2. The van der Waals surface area contributed by atoms with Crippen molar-refractivity contribution in [3.8, 4) is 11.3 Å². The fraction of sp³-hybridized carbons (Fsp3) is 0.0909. The van der Waals surface area contributed by atoms with Gasteiger partial charge in [-0.1, -0.05) is 23.3 Å². The van der Waals surface area contributed by atoms with Crippen LogP contribution < -0.4 is 0 Å². The predicted molar refractivity (Wildman–Crippen MR) is 61.0 cm³/mol. The number of hydrogen-bond donors (Lipinski definition) is 0. The summed E-state index contributed by atoms with van der Waals surface area (Å²) in [4.78, 5) is 11.1. The third kappa shape index (κ3) is 2.16. The Hall–Kier alpha value is -2.39. The Morgan fingerprint density at radius 1 is 1.31 bits per heavy atom. The highest BCUT2D eigenvalue weighted by Crippen LogP contribution is 2.22. The first-order valence-electron chi connectivity index (χ1n) is 4.75. The summed E-state index contributed by atoms with van der Waals surface area (Å²) in [5.74, 6) is 0.715. The average Bonchev–Trinajstić information content (AvgIpc) is 2.30. The smallest absolute Gasteiger partial charge is 0.125 e. The maximum atomic E-state index is 8.36. The third-order valence-electron chi connectivity index (χ3n) is 2.08. The molecular weight excluding hydrogens is 202 g/mol. The molecule has 0 amide bonds. The largest absolute Gasteiger partial charge is 0.242 e. The number of aryl methyl sites for hydroxylation is 1. The molecule has 1 heterocycles. The van der Waals surface area contributed by atoms with Crippen LogP contribution in [0.4, 0.5) is 5.69 Å². The van der Waals surface area contributed by atoms with Gasteiger partial charge in [-0.2, -0.15) is 0 Å². The van der Waals surface area contributed by atoms with Crippen molar-refractivity contribution in [3.63, 3.8) is 0 Å². The zero-order valence-corrected chi connectivity index (χ0v) is 8.70. The Balaban J connectivity index is 2.48. The van der Waals surface area contributed by atoms with Gasteiger partial charge in [-0.25, -0.2) is 9.97 Å². The summed E-state index contributed by atoms with van der Waals surface area (Å²) in [6.07, 6.45) is 1.71. The van der Waals surface area contributed by atoms with E-state index in [2.05, 4.69) is 20.0 Å². The van der Waals surface area contributed by atoms with E-state index in [0.717, 1.165) is 11.3 Å². The van der Waals surface area contributed by atoms with Gasteiger partial charge in [0, 0.05) is 22.4 Å². The molecule has 2 rings (SSSR count). The van der Waals surface area contributed by atoms with Crippen LogP contribution in [0.1, 0.15) is 5.82 Å². The third-order valence-corrected chi connectivity index (χ3v) is 2.08. The standard InChI is InChI=1S/C11H9N5/c1-8-13-6-5-11(14-8)9-3-2-4-10(7-9)15-16-12/h2-7H,1H3. The van der Waals surface area contributed by atoms with Crippen LogP contribution in [0.5, 0.6) is 0 Å². The molecule has 16 heavy (non-hydrogen) atoms. The molecule has 0 bridgehead atoms. The second-order valence-electron chi connectivity index (χ2n) is 3.23. The summed E-state index contributed by atoms with van der Waals surface area (Å²) < 4.78 is 0. The van der Waals surface area contributed by atoms with Gasteiger partial charge >= 0.3 is 0 Å². The quantitative estimate of drug-likeness (QED) is 0.433. The number of nitrogens with zero attached hydrogens (tertiary/aromatic N) is 5. The number of azide groups is 1. The second kappa shape index (κ2) is 4.42. The lowest BCUT2D eigenvalue weighted by Gasteiger charge is -2.01. The Morgan fingerprint density at radius 2 is 2.19 bits per heavy atom. The van der Waals surface area contributed by atoms with Gasteiger partial charge in [-0.3, -0.25) is 0 Å². The van der Waals surface area contributed by atoms with E-state index >= 15 is 0 Å². The summed E-state index contributed by atoms with van der Waals surface area (Å²) in [5.41, 5.74) is 10.7. The number of aromatic nitrogens is 2. The molecule has 0 fully saturated rings. The van der Waals surface area contributed by atoms with Gasteiger partial charge in [-0.05, 0) is 24.6 Å². The first kappa shape index (κ1) is 10.1. The summed E-state index contributed by atoms with van der Waals surface area (Å²) in [6.45, 7) is 1.83. The summed E-state index contributed by atoms with van der Waals surface area (Å²) in [7, 11) is 0. The Labute approximate surface area is 92.4 Å². The zero-order chi connectivity index (χ0) is 11.4. The van der Waals surface area contributed by atoms with Crippen LogP contribution in [0.15, 0.2) is 41.6 Å². The van der Waals surface area contributed by atoms with E-state index < -0.39 is 0 Å². The molecule has 2 aromatic rings. The normalized spacial score (nSPS) is 9.56. The zero-order valence-electron chi connectivity index (χ0n) is 8.70. The van der Waals surface area contributed by atoms with Crippen molar-refractivity contribution >= 4 is 5.69 Å². The summed E-state index contributed by atoms with van der Waals surface area (Å²) in [5, 5.41) is 3.55. The van der Waals surface area contributed by atoms with Crippen LogP contribution in [0.3, 0.4) is 0 Å². The Kier molecular flexibility index (Phi) is 2.80. The topological polar surface area (TPSA) is 74.5 Å². The molecule has 0 atom stereocenters. The number of benzene rings is 1. The van der Waals surface area contributed by atoms with Crippen LogP contribution >= 0.6 is 0 Å². The van der Waals surface area contributed by atoms with Crippen LogP contribution in [0.25, 0.3) is 21.7 Å². The van der Waals surface area contributed by atoms with Crippen LogP contribution in [0, 0.1) is 6.92 Å². The monoisotopic (exact) mass is 211 g/mol. The van der Waals surface area contributed by atoms with E-state index in [1.165, 1.54) is 0 Å². The van der Waals surface area contributed by atoms with Gasteiger partial charge in [0.1, 0.15) is 5.82 Å². The molecule has 0 N–H and O–H groups in total. The van der Waals surface area contributed by atoms with Gasteiger partial charge in [0.15, 0.2) is 0 Å². The highest BCUT2D eigenvalue weighted by molar-refractivity contribution is 5.63. The lowest BCUT2D eigenvalue weighted by molar-refractivity contribution is 1.06. The Bertz CT molecular complexity index is 558. The van der Waals surface area contributed by atoms with Gasteiger partial charge < -0.3 is 0 Å². The van der Waals surface area contributed by atoms with Gasteiger partial charge in [0.25, 0.3) is 0 Å². The molecule has 0 unspecified atom stereocenters. The number of hydrogen-bond acceptors (Lipinski definition) is 3. The Morgan fingerprint density at radius 3 is 2.94 bits per heavy atom. The van der Waals surface area contributed by atoms with E-state index in [1.54, 1.807) is 18.3 Å². The molecule has 0 saturated heterocycles. The molecule has 0 spiro atoms. The van der Waals surface area contributed by atoms with Crippen LogP contribution in [-0.2, 0) is 0 Å². The van der Waals surface area contributed by atoms with Crippen molar-refractivity contribution in [2.24, 2.45) is 5.11 Å². The molecule has 0 saturated carbocycles. The van der Waals surface area contributed by atoms with Crippen LogP contribution in [-0.4, -0.2) is 9.97 Å². The molecular formula is C11H9N5. The molecule has 0 aliphatic rings. The fourth-order valence-electron chi connectivity index (χ4n) is 1.40. The maximum Gasteiger partial charge on any atom is 0.125 e. The predicted octanol–water partition coefficient (Wildman–Crippen LogP) is 3.39. The highest BCUT2D eigenvalue weighted by atomic mass is 15.1. The van der Waals surface area contributed by atoms with E-state index in [4.69, 9.17) is 5.53 Å². The first-order chi connectivity index (χ1) is 7.79. The minimum atomic E-state index is 0.580. The van der Waals surface area contributed by atoms with E-state index in [0.29, 0.717) is 11.5 Å². The minimum absolute atomic E-state index is 0.580. The summed E-state index contributed by atoms with van der Waals surface area (Å²) in [6, 6.07) is 9.11. The van der Waals surface area contributed by atoms with E-state index in [-0.39, 0.29) is 0 Å². The summed E-state index contributed by atoms with van der Waals surface area (Å²) >= 11 is 0. The van der Waals surface area contributed by atoms with E-state index in [9.17, 15) is 0 Å². The molecule has 1 aromatic carbocycles. The fourth-order valence-corrected chi connectivity index (χ4v) is 1.40. The van der Waals surface area contributed by atoms with Gasteiger partial charge in [0.05, 0.1) is 5.69 Å². The van der Waals surface area contributed by atoms with Crippen molar-refractivity contribution in [1.29, 1.82) is 0 Å². The van der Waals surface area contributed by atoms with Crippen LogP contribution in [0.2, 0.25) is 0 Å². The lowest BCUT2D eigenvalue weighted by Crippen LogP contribution is -1.89. The molecule has 0 aliphatic heterocycles. The average molecular weight is 211 g/mol. The van der Waals surface area contributed by atoms with Crippen molar-refractivity contribution < 1.29 is 0 Å². The maximum absolute atomic E-state index is 8.36. The van der Waals surface area contributed by atoms with Gasteiger partial charge in [0.2, 0.25) is 0 Å². The molecule has 1 aromatic heterocycles. The van der Waals surface area contributed by atoms with Crippen molar-refractivity contribution in [3.05, 3.63) is 52.8 Å². The molecule has 0 radical (unpaired) electrons. The first-order valence-corrected chi connectivity index (χ1v) is 4.75. The van der Waals surface area contributed by atoms with Gasteiger partial charge in [-0.15, -0.1) is 0 Å². The van der Waals surface area contributed by atoms with E-state index in [1.807, 2.05) is 25.1 Å². The second-order valence-corrected chi connectivity index (χ2v) is 3.23. The minimum Gasteiger partial charge on any atom is -0.242 e. The molecule has 5 nitrogen and oxygen atoms in total. The molecule has 0 aliphatic carbocycles. The highest BCUT2D eigenvalue weighted by Gasteiger charge is 2.00. The van der Waals surface area contributed by atoms with Crippen molar-refractivity contribution in [1.82, 2.24) is 9.97 Å².